The molecule has 0 aliphatic heterocycles. The number of rotatable bonds is 3. The molecule has 0 bridgehead atoms. The molecule has 1 atom stereocenters. The van der Waals surface area contributed by atoms with Crippen molar-refractivity contribution in [1.29, 1.82) is 0 Å². The molecule has 0 aliphatic carbocycles. The molecule has 0 spiro atoms. The predicted octanol–water partition coefficient (Wildman–Crippen LogP) is 1.96. The van der Waals surface area contributed by atoms with Crippen LogP contribution in [0.1, 0.15) is 26.5 Å². The summed E-state index contributed by atoms with van der Waals surface area (Å²) < 4.78 is 0. The number of hydrogen-bond acceptors (Lipinski definition) is 3. The first-order valence-corrected chi connectivity index (χ1v) is 4.81. The molecule has 1 heterocycles. The highest BCUT2D eigenvalue weighted by Gasteiger charge is 2.21. The Kier molecular flexibility index (Phi) is 3.11. The Morgan fingerprint density at radius 2 is 2.14 bits per heavy atom. The zero-order valence-electron chi connectivity index (χ0n) is 9.20. The number of anilines is 1. The van der Waals surface area contributed by atoms with E-state index >= 15 is 0 Å². The average molecular weight is 194 g/mol. The van der Waals surface area contributed by atoms with Gasteiger partial charge in [-0.3, -0.25) is 4.98 Å². The van der Waals surface area contributed by atoms with Crippen LogP contribution in [-0.2, 0) is 0 Å². The first kappa shape index (κ1) is 11.0. The van der Waals surface area contributed by atoms with Crippen LogP contribution >= 0.6 is 0 Å². The fourth-order valence-electron chi connectivity index (χ4n) is 1.06. The molecule has 0 aliphatic rings. The van der Waals surface area contributed by atoms with E-state index in [2.05, 4.69) is 10.3 Å². The van der Waals surface area contributed by atoms with Gasteiger partial charge in [-0.1, -0.05) is 0 Å². The van der Waals surface area contributed by atoms with E-state index in [9.17, 15) is 5.11 Å². The summed E-state index contributed by atoms with van der Waals surface area (Å²) in [5, 5.41) is 13.0. The van der Waals surface area contributed by atoms with Crippen molar-refractivity contribution in [3.63, 3.8) is 0 Å². The van der Waals surface area contributed by atoms with E-state index in [1.807, 2.05) is 26.0 Å². The van der Waals surface area contributed by atoms with Gasteiger partial charge in [-0.15, -0.1) is 0 Å². The third-order valence-corrected chi connectivity index (χ3v) is 2.34. The van der Waals surface area contributed by atoms with E-state index in [1.165, 1.54) is 0 Å². The maximum atomic E-state index is 9.74. The van der Waals surface area contributed by atoms with Crippen LogP contribution in [0.25, 0.3) is 0 Å². The number of aryl methyl sites for hydroxylation is 1. The second kappa shape index (κ2) is 3.96. The number of aliphatic hydroxyl groups is 1. The summed E-state index contributed by atoms with van der Waals surface area (Å²) in [6.45, 7) is 7.48. The Morgan fingerprint density at radius 1 is 1.50 bits per heavy atom. The van der Waals surface area contributed by atoms with E-state index in [-0.39, 0.29) is 6.04 Å². The summed E-state index contributed by atoms with van der Waals surface area (Å²) in [5.74, 6) is 0. The van der Waals surface area contributed by atoms with Crippen LogP contribution in [0, 0.1) is 6.92 Å². The summed E-state index contributed by atoms with van der Waals surface area (Å²) in [4.78, 5) is 4.11. The third-order valence-electron chi connectivity index (χ3n) is 2.34. The summed E-state index contributed by atoms with van der Waals surface area (Å²) in [5.41, 5.74) is 1.24. The lowest BCUT2D eigenvalue weighted by atomic mass is 10.0. The van der Waals surface area contributed by atoms with Crippen LogP contribution < -0.4 is 5.32 Å². The van der Waals surface area contributed by atoms with Gasteiger partial charge in [0.2, 0.25) is 0 Å². The molecular weight excluding hydrogens is 176 g/mol. The zero-order chi connectivity index (χ0) is 10.8. The number of aromatic nitrogens is 1. The molecule has 78 valence electrons. The van der Waals surface area contributed by atoms with Gasteiger partial charge in [0.05, 0.1) is 11.6 Å². The lowest BCUT2D eigenvalue weighted by molar-refractivity contribution is 0.0649. The molecule has 1 unspecified atom stereocenters. The van der Waals surface area contributed by atoms with Crippen LogP contribution in [0.15, 0.2) is 18.3 Å². The summed E-state index contributed by atoms with van der Waals surface area (Å²) in [6.07, 6.45) is 1.76. The maximum Gasteiger partial charge on any atom is 0.0789 e. The minimum absolute atomic E-state index is 0.00398. The minimum Gasteiger partial charge on any atom is -0.388 e. The number of nitrogens with one attached hydrogen (secondary N) is 1. The SMILES string of the molecule is Cc1cc(NC(C)C(C)(C)O)ccn1. The normalized spacial score (nSPS) is 13.8. The first-order valence-electron chi connectivity index (χ1n) is 4.81. The van der Waals surface area contributed by atoms with Crippen LogP contribution in [0.5, 0.6) is 0 Å². The number of nitrogens with zero attached hydrogens (tertiary/aromatic N) is 1. The van der Waals surface area contributed by atoms with Crippen molar-refractivity contribution in [3.8, 4) is 0 Å². The van der Waals surface area contributed by atoms with Crippen LogP contribution in [-0.4, -0.2) is 21.7 Å². The molecule has 2 N–H and O–H groups in total. The zero-order valence-corrected chi connectivity index (χ0v) is 9.20. The number of pyridine rings is 1. The molecule has 0 amide bonds. The van der Waals surface area contributed by atoms with Gasteiger partial charge in [0.25, 0.3) is 0 Å². The van der Waals surface area contributed by atoms with Crippen molar-refractivity contribution in [3.05, 3.63) is 24.0 Å². The van der Waals surface area contributed by atoms with Gasteiger partial charge < -0.3 is 10.4 Å². The van der Waals surface area contributed by atoms with E-state index < -0.39 is 5.60 Å². The summed E-state index contributed by atoms with van der Waals surface area (Å²) in [7, 11) is 0. The molecule has 1 aromatic rings. The van der Waals surface area contributed by atoms with Gasteiger partial charge >= 0.3 is 0 Å². The van der Waals surface area contributed by atoms with E-state index in [0.717, 1.165) is 11.4 Å². The molecule has 14 heavy (non-hydrogen) atoms. The molecule has 3 nitrogen and oxygen atoms in total. The fraction of sp³-hybridized carbons (Fsp3) is 0.545. The van der Waals surface area contributed by atoms with Gasteiger partial charge in [0.1, 0.15) is 0 Å². The highest BCUT2D eigenvalue weighted by molar-refractivity contribution is 5.44. The predicted molar refractivity (Wildman–Crippen MR) is 58.4 cm³/mol. The van der Waals surface area contributed by atoms with Crippen LogP contribution in [0.3, 0.4) is 0 Å². The summed E-state index contributed by atoms with van der Waals surface area (Å²) in [6, 6.07) is 3.86. The van der Waals surface area contributed by atoms with Crippen molar-refractivity contribution in [2.75, 3.05) is 5.32 Å². The Bertz CT molecular complexity index is 304. The van der Waals surface area contributed by atoms with Crippen LogP contribution in [0.2, 0.25) is 0 Å². The quantitative estimate of drug-likeness (QED) is 0.773. The van der Waals surface area contributed by atoms with Crippen molar-refractivity contribution in [2.24, 2.45) is 0 Å². The first-order chi connectivity index (χ1) is 6.39. The lowest BCUT2D eigenvalue weighted by Crippen LogP contribution is -2.39. The Balaban J connectivity index is 2.70. The molecule has 1 aromatic heterocycles. The maximum absolute atomic E-state index is 9.74. The van der Waals surface area contributed by atoms with E-state index in [4.69, 9.17) is 0 Å². The van der Waals surface area contributed by atoms with E-state index in [0.29, 0.717) is 0 Å². The molecular formula is C11H18N2O. The van der Waals surface area contributed by atoms with Crippen molar-refractivity contribution >= 4 is 5.69 Å². The van der Waals surface area contributed by atoms with Crippen molar-refractivity contribution in [2.45, 2.75) is 39.3 Å². The molecule has 0 fully saturated rings. The number of hydrogen-bond donors (Lipinski definition) is 2. The van der Waals surface area contributed by atoms with E-state index in [1.54, 1.807) is 20.0 Å². The second-order valence-electron chi connectivity index (χ2n) is 4.21. The lowest BCUT2D eigenvalue weighted by Gasteiger charge is -2.27. The average Bonchev–Trinajstić information content (AvgIpc) is 2.02. The standard InChI is InChI=1S/C11H18N2O/c1-8-7-10(5-6-12-8)13-9(2)11(3,4)14/h5-7,9,14H,1-4H3,(H,12,13). The fourth-order valence-corrected chi connectivity index (χ4v) is 1.06. The second-order valence-corrected chi connectivity index (χ2v) is 4.21. The minimum atomic E-state index is -0.725. The van der Waals surface area contributed by atoms with Crippen LogP contribution in [0.4, 0.5) is 5.69 Å². The van der Waals surface area contributed by atoms with Gasteiger partial charge in [-0.2, -0.15) is 0 Å². The van der Waals surface area contributed by atoms with Crippen molar-refractivity contribution in [1.82, 2.24) is 4.98 Å². The highest BCUT2D eigenvalue weighted by atomic mass is 16.3. The van der Waals surface area contributed by atoms with Crippen molar-refractivity contribution < 1.29 is 5.11 Å². The monoisotopic (exact) mass is 194 g/mol. The van der Waals surface area contributed by atoms with Gasteiger partial charge in [0, 0.05) is 17.6 Å². The Morgan fingerprint density at radius 3 is 2.64 bits per heavy atom. The Labute approximate surface area is 85.2 Å². The summed E-state index contributed by atoms with van der Waals surface area (Å²) >= 11 is 0. The van der Waals surface area contributed by atoms with Gasteiger partial charge in [-0.25, -0.2) is 0 Å². The molecule has 0 saturated heterocycles. The molecule has 3 heteroatoms. The largest absolute Gasteiger partial charge is 0.388 e. The smallest absolute Gasteiger partial charge is 0.0789 e. The topological polar surface area (TPSA) is 45.1 Å². The molecule has 0 radical (unpaired) electrons. The van der Waals surface area contributed by atoms with Gasteiger partial charge in [-0.05, 0) is 39.8 Å². The molecule has 1 rings (SSSR count). The highest BCUT2D eigenvalue weighted by Crippen LogP contribution is 2.15. The Hall–Kier alpha value is -1.09. The third kappa shape index (κ3) is 3.00. The molecule has 0 aromatic carbocycles. The molecule has 0 saturated carbocycles. The van der Waals surface area contributed by atoms with Gasteiger partial charge in [0.15, 0.2) is 0 Å².